The highest BCUT2D eigenvalue weighted by Crippen LogP contribution is 2.40. The normalized spacial score (nSPS) is 11.8. The average Bonchev–Trinajstić information content (AvgIpc) is 3.36. The number of hydrogen-bond acceptors (Lipinski definition) is 6. The van der Waals surface area contributed by atoms with Crippen molar-refractivity contribution in [1.29, 1.82) is 0 Å². The molecule has 9 heteroatoms. The molecule has 0 radical (unpaired) electrons. The minimum atomic E-state index is -0.336. The van der Waals surface area contributed by atoms with Gasteiger partial charge in [0.25, 0.3) is 5.91 Å². The molecule has 3 N–H and O–H groups in total. The van der Waals surface area contributed by atoms with E-state index in [1.54, 1.807) is 7.11 Å². The molecule has 2 aromatic carbocycles. The third kappa shape index (κ3) is 7.99. The van der Waals surface area contributed by atoms with Gasteiger partial charge in [-0.25, -0.2) is 4.98 Å². The van der Waals surface area contributed by atoms with Crippen LogP contribution >= 0.6 is 22.6 Å². The van der Waals surface area contributed by atoms with Gasteiger partial charge in [-0.3, -0.25) is 9.59 Å². The monoisotopic (exact) mass is 661 g/mol. The topological polar surface area (TPSA) is 114 Å². The molecule has 1 aromatic heterocycles. The highest BCUT2D eigenvalue weighted by atomic mass is 127. The molecule has 0 fully saturated rings. The molecule has 2 amide bonds. The molecule has 0 unspecified atom stereocenters. The van der Waals surface area contributed by atoms with Crippen LogP contribution in [0.25, 0.3) is 11.3 Å². The molecule has 3 rings (SSSR count). The van der Waals surface area contributed by atoms with E-state index in [2.05, 4.69) is 79.8 Å². The van der Waals surface area contributed by atoms with E-state index in [1.165, 1.54) is 6.39 Å². The Morgan fingerprint density at radius 3 is 2.20 bits per heavy atom. The molecule has 216 valence electrons. The minimum Gasteiger partial charge on any atom is -0.507 e. The molecule has 0 saturated heterocycles. The summed E-state index contributed by atoms with van der Waals surface area (Å²) in [5, 5.41) is 16.7. The van der Waals surface area contributed by atoms with Crippen molar-refractivity contribution in [3.63, 3.8) is 0 Å². The molecule has 0 bridgehead atoms. The number of rotatable bonds is 10. The Balaban J connectivity index is 1.49. The first-order valence-electron chi connectivity index (χ1n) is 13.4. The molecular weight excluding hydrogens is 621 g/mol. The molecule has 0 spiro atoms. The number of carbonyl (C=O) groups excluding carboxylic acids is 2. The number of nitrogens with zero attached hydrogens (tertiary/aromatic N) is 1. The highest BCUT2D eigenvalue weighted by molar-refractivity contribution is 14.1. The predicted molar refractivity (Wildman–Crippen MR) is 165 cm³/mol. The number of amides is 2. The zero-order valence-electron chi connectivity index (χ0n) is 24.4. The van der Waals surface area contributed by atoms with Crippen molar-refractivity contribution >= 4 is 34.4 Å². The number of phenols is 1. The van der Waals surface area contributed by atoms with E-state index in [0.29, 0.717) is 43.9 Å². The molecule has 0 aliphatic rings. The Bertz CT molecular complexity index is 1320. The summed E-state index contributed by atoms with van der Waals surface area (Å²) < 4.78 is 11.7. The van der Waals surface area contributed by atoms with Crippen molar-refractivity contribution in [3.05, 3.63) is 62.7 Å². The molecule has 0 atom stereocenters. The number of nitrogens with one attached hydrogen (secondary N) is 2. The van der Waals surface area contributed by atoms with E-state index >= 15 is 0 Å². The van der Waals surface area contributed by atoms with Crippen molar-refractivity contribution in [1.82, 2.24) is 15.6 Å². The van der Waals surface area contributed by atoms with Crippen molar-refractivity contribution in [2.45, 2.75) is 71.6 Å². The third-order valence-corrected chi connectivity index (χ3v) is 7.43. The fourth-order valence-electron chi connectivity index (χ4n) is 4.35. The number of ether oxygens (including phenoxy) is 1. The number of phenolic OH excluding ortho intramolecular Hbond substituents is 1. The standard InChI is InChI=1S/C31H40IN3O5/c1-30(2,3)21-15-19(16-22(27(21)37)31(4,5)6)9-12-25(36)33-13-8-14-34-29(38)26-28(40-18-35-26)20-10-11-24(39-7)23(32)17-20/h10-11,15-18,37H,8-9,12-14H2,1-7H3,(H,33,36)(H,34,38). The number of methoxy groups -OCH3 is 1. The minimum absolute atomic E-state index is 0.0538. The lowest BCUT2D eigenvalue weighted by molar-refractivity contribution is -0.121. The fourth-order valence-corrected chi connectivity index (χ4v) is 5.09. The first kappa shape index (κ1) is 31.4. The van der Waals surface area contributed by atoms with Crippen LogP contribution in [-0.2, 0) is 22.0 Å². The van der Waals surface area contributed by atoms with Gasteiger partial charge in [0.15, 0.2) is 17.8 Å². The quantitative estimate of drug-likeness (QED) is 0.178. The second kappa shape index (κ2) is 13.1. The first-order chi connectivity index (χ1) is 18.7. The van der Waals surface area contributed by atoms with E-state index in [9.17, 15) is 14.7 Å². The van der Waals surface area contributed by atoms with Crippen molar-refractivity contribution in [2.75, 3.05) is 20.2 Å². The van der Waals surface area contributed by atoms with Crippen LogP contribution in [0.15, 0.2) is 41.1 Å². The summed E-state index contributed by atoms with van der Waals surface area (Å²) in [6, 6.07) is 9.54. The first-order valence-corrected chi connectivity index (χ1v) is 14.5. The van der Waals surface area contributed by atoms with E-state index in [1.807, 2.05) is 30.3 Å². The van der Waals surface area contributed by atoms with Crippen molar-refractivity contribution < 1.29 is 23.8 Å². The maximum absolute atomic E-state index is 12.7. The summed E-state index contributed by atoms with van der Waals surface area (Å²) in [5.74, 6) is 1.08. The van der Waals surface area contributed by atoms with Crippen LogP contribution in [0.3, 0.4) is 0 Å². The van der Waals surface area contributed by atoms with Crippen LogP contribution in [0.5, 0.6) is 11.5 Å². The van der Waals surface area contributed by atoms with Crippen molar-refractivity contribution in [3.8, 4) is 22.8 Å². The zero-order valence-corrected chi connectivity index (χ0v) is 26.6. The van der Waals surface area contributed by atoms with Gasteiger partial charge in [-0.1, -0.05) is 53.7 Å². The Morgan fingerprint density at radius 2 is 1.62 bits per heavy atom. The number of aromatic nitrogens is 1. The Morgan fingerprint density at radius 1 is 1.00 bits per heavy atom. The molecule has 1 heterocycles. The fraction of sp³-hybridized carbons (Fsp3) is 0.452. The summed E-state index contributed by atoms with van der Waals surface area (Å²) >= 11 is 2.16. The number of aryl methyl sites for hydroxylation is 1. The molecular formula is C31H40IN3O5. The predicted octanol–water partition coefficient (Wildman–Crippen LogP) is 6.12. The van der Waals surface area contributed by atoms with E-state index < -0.39 is 0 Å². The molecule has 0 saturated carbocycles. The smallest absolute Gasteiger partial charge is 0.273 e. The van der Waals surface area contributed by atoms with Gasteiger partial charge in [0.05, 0.1) is 10.7 Å². The Kier molecular flexibility index (Phi) is 10.3. The van der Waals surface area contributed by atoms with Gasteiger partial charge in [0, 0.05) is 25.1 Å². The summed E-state index contributed by atoms with van der Waals surface area (Å²) in [5.41, 5.74) is 3.33. The Hall–Kier alpha value is -3.08. The van der Waals surface area contributed by atoms with Gasteiger partial charge in [-0.05, 0) is 81.2 Å². The van der Waals surface area contributed by atoms with Gasteiger partial charge < -0.3 is 24.9 Å². The van der Waals surface area contributed by atoms with Crippen LogP contribution in [0.1, 0.15) is 81.6 Å². The SMILES string of the molecule is COc1ccc(-c2ocnc2C(=O)NCCCNC(=O)CCc2cc(C(C)(C)C)c(O)c(C(C)(C)C)c2)cc1I. The Labute approximate surface area is 250 Å². The maximum atomic E-state index is 12.7. The highest BCUT2D eigenvalue weighted by Gasteiger charge is 2.26. The van der Waals surface area contributed by atoms with Gasteiger partial charge >= 0.3 is 0 Å². The molecule has 0 aliphatic carbocycles. The summed E-state index contributed by atoms with van der Waals surface area (Å²) in [6.45, 7) is 13.3. The van der Waals surface area contributed by atoms with Crippen LogP contribution in [0.2, 0.25) is 0 Å². The molecule has 8 nitrogen and oxygen atoms in total. The maximum Gasteiger partial charge on any atom is 0.273 e. The molecule has 40 heavy (non-hydrogen) atoms. The number of benzene rings is 2. The number of halogens is 1. The number of aromatic hydroxyl groups is 1. The number of carbonyl (C=O) groups is 2. The second-order valence-electron chi connectivity index (χ2n) is 11.9. The van der Waals surface area contributed by atoms with Gasteiger partial charge in [-0.2, -0.15) is 0 Å². The summed E-state index contributed by atoms with van der Waals surface area (Å²) in [6.07, 6.45) is 2.75. The largest absolute Gasteiger partial charge is 0.507 e. The number of hydrogen-bond donors (Lipinski definition) is 3. The van der Waals surface area contributed by atoms with Crippen LogP contribution < -0.4 is 15.4 Å². The van der Waals surface area contributed by atoms with Crippen LogP contribution in [0, 0.1) is 3.57 Å². The van der Waals surface area contributed by atoms with E-state index in [4.69, 9.17) is 9.15 Å². The summed E-state index contributed by atoms with van der Waals surface area (Å²) in [7, 11) is 1.60. The second-order valence-corrected chi connectivity index (χ2v) is 13.0. The lowest BCUT2D eigenvalue weighted by Crippen LogP contribution is -2.30. The van der Waals surface area contributed by atoms with E-state index in [-0.39, 0.29) is 28.3 Å². The van der Waals surface area contributed by atoms with Crippen molar-refractivity contribution in [2.24, 2.45) is 0 Å². The van der Waals surface area contributed by atoms with Crippen LogP contribution in [0.4, 0.5) is 0 Å². The lowest BCUT2D eigenvalue weighted by atomic mass is 9.78. The third-order valence-electron chi connectivity index (χ3n) is 6.58. The van der Waals surface area contributed by atoms with E-state index in [0.717, 1.165) is 31.6 Å². The lowest BCUT2D eigenvalue weighted by Gasteiger charge is -2.28. The summed E-state index contributed by atoms with van der Waals surface area (Å²) in [4.78, 5) is 29.3. The number of oxazole rings is 1. The molecule has 0 aliphatic heterocycles. The average molecular weight is 662 g/mol. The molecule has 3 aromatic rings. The van der Waals surface area contributed by atoms with Gasteiger partial charge in [0.1, 0.15) is 11.5 Å². The van der Waals surface area contributed by atoms with Gasteiger partial charge in [-0.15, -0.1) is 0 Å². The zero-order chi connectivity index (χ0) is 29.7. The van der Waals surface area contributed by atoms with Crippen LogP contribution in [-0.4, -0.2) is 42.1 Å². The van der Waals surface area contributed by atoms with Gasteiger partial charge in [0.2, 0.25) is 5.91 Å².